The van der Waals surface area contributed by atoms with E-state index in [1.54, 1.807) is 13.2 Å². The van der Waals surface area contributed by atoms with Crippen molar-refractivity contribution < 1.29 is 14.6 Å². The molecule has 0 aliphatic carbocycles. The van der Waals surface area contributed by atoms with Crippen LogP contribution in [0.25, 0.3) is 6.08 Å². The molecule has 110 valence electrons. The van der Waals surface area contributed by atoms with Crippen molar-refractivity contribution in [2.45, 2.75) is 32.9 Å². The summed E-state index contributed by atoms with van der Waals surface area (Å²) < 4.78 is 5.25. The molecular weight excluding hydrogens is 254 g/mol. The predicted molar refractivity (Wildman–Crippen MR) is 80.9 cm³/mol. The van der Waals surface area contributed by atoms with E-state index in [1.165, 1.54) is 0 Å². The molecule has 0 saturated carbocycles. The van der Waals surface area contributed by atoms with Crippen LogP contribution in [0, 0.1) is 0 Å². The minimum Gasteiger partial charge on any atom is -0.496 e. The van der Waals surface area contributed by atoms with Gasteiger partial charge in [0.05, 0.1) is 7.11 Å². The van der Waals surface area contributed by atoms with Crippen molar-refractivity contribution in [3.05, 3.63) is 35.4 Å². The highest BCUT2D eigenvalue weighted by Crippen LogP contribution is 2.22. The van der Waals surface area contributed by atoms with E-state index in [4.69, 9.17) is 9.84 Å². The number of hydrogen-bond acceptors (Lipinski definition) is 3. The van der Waals surface area contributed by atoms with Crippen molar-refractivity contribution in [1.29, 1.82) is 0 Å². The van der Waals surface area contributed by atoms with Gasteiger partial charge in [-0.15, -0.1) is 0 Å². The number of carboxylic acids is 1. The minimum absolute atomic E-state index is 0.509. The van der Waals surface area contributed by atoms with Crippen LogP contribution >= 0.6 is 0 Å². The lowest BCUT2D eigenvalue weighted by atomic mass is 10.1. The maximum absolute atomic E-state index is 10.6. The van der Waals surface area contributed by atoms with E-state index in [9.17, 15) is 4.79 Å². The number of ether oxygens (including phenoxy) is 1. The molecule has 1 aromatic carbocycles. The van der Waals surface area contributed by atoms with Gasteiger partial charge in [-0.1, -0.05) is 13.0 Å². The molecule has 4 nitrogen and oxygen atoms in total. The molecule has 0 amide bonds. The van der Waals surface area contributed by atoms with E-state index in [-0.39, 0.29) is 0 Å². The Bertz CT molecular complexity index is 483. The second-order valence-corrected chi connectivity index (χ2v) is 4.92. The molecule has 0 aromatic heterocycles. The zero-order valence-corrected chi connectivity index (χ0v) is 12.6. The lowest BCUT2D eigenvalue weighted by Crippen LogP contribution is -2.27. The van der Waals surface area contributed by atoms with Crippen molar-refractivity contribution in [2.24, 2.45) is 0 Å². The summed E-state index contributed by atoms with van der Waals surface area (Å²) in [7, 11) is 3.67. The predicted octanol–water partition coefficient (Wildman–Crippen LogP) is 3.02. The summed E-state index contributed by atoms with van der Waals surface area (Å²) >= 11 is 0. The van der Waals surface area contributed by atoms with Gasteiger partial charge >= 0.3 is 5.97 Å². The molecule has 4 heteroatoms. The molecule has 0 bridgehead atoms. The first-order valence-corrected chi connectivity index (χ1v) is 6.76. The Kier molecular flexibility index (Phi) is 6.25. The average Bonchev–Trinajstić information content (AvgIpc) is 2.44. The Morgan fingerprint density at radius 3 is 2.75 bits per heavy atom. The second-order valence-electron chi connectivity index (χ2n) is 4.92. The van der Waals surface area contributed by atoms with Gasteiger partial charge in [0.25, 0.3) is 0 Å². The van der Waals surface area contributed by atoms with Crippen molar-refractivity contribution in [3.63, 3.8) is 0 Å². The molecule has 0 heterocycles. The molecule has 0 saturated heterocycles. The highest BCUT2D eigenvalue weighted by Gasteiger charge is 2.09. The first-order valence-electron chi connectivity index (χ1n) is 6.76. The largest absolute Gasteiger partial charge is 0.496 e. The Labute approximate surface area is 120 Å². The summed E-state index contributed by atoms with van der Waals surface area (Å²) in [6, 6.07) is 6.36. The smallest absolute Gasteiger partial charge is 0.328 e. The Morgan fingerprint density at radius 2 is 2.20 bits per heavy atom. The van der Waals surface area contributed by atoms with E-state index in [0.29, 0.717) is 11.8 Å². The summed E-state index contributed by atoms with van der Waals surface area (Å²) in [4.78, 5) is 12.9. The lowest BCUT2D eigenvalue weighted by Gasteiger charge is -2.23. The Hall–Kier alpha value is -1.81. The molecule has 0 radical (unpaired) electrons. The first kappa shape index (κ1) is 16.2. The second kappa shape index (κ2) is 7.70. The molecule has 1 atom stereocenters. The third-order valence-corrected chi connectivity index (χ3v) is 3.47. The quantitative estimate of drug-likeness (QED) is 0.778. The van der Waals surface area contributed by atoms with Crippen molar-refractivity contribution in [1.82, 2.24) is 4.90 Å². The Morgan fingerprint density at radius 1 is 1.50 bits per heavy atom. The highest BCUT2D eigenvalue weighted by molar-refractivity contribution is 5.85. The number of carboxylic acid groups (broad SMARTS) is 1. The molecule has 0 fully saturated rings. The number of hydrogen-bond donors (Lipinski definition) is 1. The number of methoxy groups -OCH3 is 1. The SMILES string of the molecule is CCC(C)N(C)Cc1ccc(OC)c(C=CC(=O)O)c1. The summed E-state index contributed by atoms with van der Waals surface area (Å²) in [5.41, 5.74) is 1.92. The summed E-state index contributed by atoms with van der Waals surface area (Å²) in [5.74, 6) is -0.286. The van der Waals surface area contributed by atoms with Crippen LogP contribution in [0.5, 0.6) is 5.75 Å². The lowest BCUT2D eigenvalue weighted by molar-refractivity contribution is -0.131. The zero-order chi connectivity index (χ0) is 15.1. The zero-order valence-electron chi connectivity index (χ0n) is 12.6. The van der Waals surface area contributed by atoms with Crippen LogP contribution in [0.1, 0.15) is 31.4 Å². The fraction of sp³-hybridized carbons (Fsp3) is 0.438. The normalized spacial score (nSPS) is 12.8. The van der Waals surface area contributed by atoms with Gasteiger partial charge in [0, 0.05) is 24.2 Å². The topological polar surface area (TPSA) is 49.8 Å². The number of nitrogens with zero attached hydrogens (tertiary/aromatic N) is 1. The molecule has 1 rings (SSSR count). The van der Waals surface area contributed by atoms with Gasteiger partial charge in [-0.25, -0.2) is 4.79 Å². The van der Waals surface area contributed by atoms with Crippen molar-refractivity contribution >= 4 is 12.0 Å². The monoisotopic (exact) mass is 277 g/mol. The van der Waals surface area contributed by atoms with Gasteiger partial charge in [-0.05, 0) is 44.2 Å². The van der Waals surface area contributed by atoms with E-state index < -0.39 is 5.97 Å². The van der Waals surface area contributed by atoms with Gasteiger partial charge < -0.3 is 9.84 Å². The summed E-state index contributed by atoms with van der Waals surface area (Å²) in [6.07, 6.45) is 3.78. The minimum atomic E-state index is -0.964. The molecule has 0 aliphatic heterocycles. The summed E-state index contributed by atoms with van der Waals surface area (Å²) in [5, 5.41) is 8.72. The standard InChI is InChI=1S/C16H23NO3/c1-5-12(2)17(3)11-13-6-8-15(20-4)14(10-13)7-9-16(18)19/h6-10,12H,5,11H2,1-4H3,(H,18,19). The number of carbonyl (C=O) groups is 1. The van der Waals surface area contributed by atoms with Gasteiger partial charge in [-0.3, -0.25) is 4.90 Å². The van der Waals surface area contributed by atoms with Crippen LogP contribution in [0.4, 0.5) is 0 Å². The fourth-order valence-electron chi connectivity index (χ4n) is 1.93. The molecule has 0 aliphatic rings. The van der Waals surface area contributed by atoms with Crippen LogP contribution in [0.2, 0.25) is 0 Å². The number of rotatable bonds is 7. The van der Waals surface area contributed by atoms with Crippen molar-refractivity contribution in [3.8, 4) is 5.75 Å². The van der Waals surface area contributed by atoms with Crippen LogP contribution in [-0.2, 0) is 11.3 Å². The van der Waals surface area contributed by atoms with Crippen LogP contribution in [0.15, 0.2) is 24.3 Å². The highest BCUT2D eigenvalue weighted by atomic mass is 16.5. The molecule has 1 aromatic rings. The summed E-state index contributed by atoms with van der Waals surface area (Å²) in [6.45, 7) is 5.18. The molecular formula is C16H23NO3. The average molecular weight is 277 g/mol. The van der Waals surface area contributed by atoms with Crippen LogP contribution in [0.3, 0.4) is 0 Å². The van der Waals surface area contributed by atoms with Gasteiger partial charge in [0.1, 0.15) is 5.75 Å². The number of aliphatic carboxylic acids is 1. The van der Waals surface area contributed by atoms with Gasteiger partial charge in [-0.2, -0.15) is 0 Å². The maximum Gasteiger partial charge on any atom is 0.328 e. The van der Waals surface area contributed by atoms with E-state index in [0.717, 1.165) is 30.2 Å². The van der Waals surface area contributed by atoms with E-state index in [1.807, 2.05) is 18.2 Å². The number of benzene rings is 1. The molecule has 20 heavy (non-hydrogen) atoms. The molecule has 0 spiro atoms. The fourth-order valence-corrected chi connectivity index (χ4v) is 1.93. The van der Waals surface area contributed by atoms with Crippen molar-refractivity contribution in [2.75, 3.05) is 14.2 Å². The van der Waals surface area contributed by atoms with Crippen LogP contribution < -0.4 is 4.74 Å². The van der Waals surface area contributed by atoms with Gasteiger partial charge in [0.2, 0.25) is 0 Å². The maximum atomic E-state index is 10.6. The Balaban J connectivity index is 2.94. The van der Waals surface area contributed by atoms with Crippen LogP contribution in [-0.4, -0.2) is 36.2 Å². The third kappa shape index (κ3) is 4.70. The first-order chi connectivity index (χ1) is 9.47. The molecule has 1 unspecified atom stereocenters. The molecule has 1 N–H and O–H groups in total. The van der Waals surface area contributed by atoms with Gasteiger partial charge in [0.15, 0.2) is 0 Å². The van der Waals surface area contributed by atoms with E-state index >= 15 is 0 Å². The van der Waals surface area contributed by atoms with E-state index in [2.05, 4.69) is 25.8 Å². The third-order valence-electron chi connectivity index (χ3n) is 3.47.